The second-order valence-corrected chi connectivity index (χ2v) is 4.16. The topological polar surface area (TPSA) is 0 Å². The Balaban J connectivity index is 2.25. The van der Waals surface area contributed by atoms with Crippen molar-refractivity contribution in [3.8, 4) is 0 Å². The molecule has 1 aliphatic carbocycles. The number of hydrogen-bond acceptors (Lipinski definition) is 0. The highest BCUT2D eigenvalue weighted by atomic mass is 14.3. The van der Waals surface area contributed by atoms with E-state index in [4.69, 9.17) is 0 Å². The summed E-state index contributed by atoms with van der Waals surface area (Å²) in [4.78, 5) is 0. The van der Waals surface area contributed by atoms with Gasteiger partial charge in [0, 0.05) is 0 Å². The fourth-order valence-corrected chi connectivity index (χ4v) is 2.10. The first-order valence-corrected chi connectivity index (χ1v) is 5.12. The molecule has 0 aliphatic heterocycles. The molecule has 65 valence electrons. The van der Waals surface area contributed by atoms with E-state index in [2.05, 4.69) is 13.8 Å². The molecule has 1 rings (SSSR count). The lowest BCUT2D eigenvalue weighted by Gasteiger charge is -2.33. The summed E-state index contributed by atoms with van der Waals surface area (Å²) in [5.41, 5.74) is 0.480. The van der Waals surface area contributed by atoms with Gasteiger partial charge in [-0.05, 0) is 31.6 Å². The fourth-order valence-electron chi connectivity index (χ4n) is 2.10. The Hall–Kier alpha value is 0. The van der Waals surface area contributed by atoms with Gasteiger partial charge in [0.15, 0.2) is 0 Å². The molecule has 1 fully saturated rings. The van der Waals surface area contributed by atoms with Crippen LogP contribution >= 0.6 is 0 Å². The maximum Gasteiger partial charge on any atom is -0.0297 e. The molecule has 11 heavy (non-hydrogen) atoms. The number of hydrogen-bond donors (Lipinski definition) is 0. The van der Waals surface area contributed by atoms with Crippen LogP contribution in [0.4, 0.5) is 0 Å². The van der Waals surface area contributed by atoms with Crippen LogP contribution in [0.5, 0.6) is 0 Å². The molecule has 0 aromatic heterocycles. The van der Waals surface area contributed by atoms with E-state index in [1.54, 1.807) is 0 Å². The van der Waals surface area contributed by atoms with Gasteiger partial charge in [-0.1, -0.05) is 39.0 Å². The molecule has 0 aromatic rings. The van der Waals surface area contributed by atoms with Crippen molar-refractivity contribution in [3.05, 3.63) is 6.92 Å². The Bertz CT molecular complexity index is 98.6. The van der Waals surface area contributed by atoms with Gasteiger partial charge < -0.3 is 0 Å². The van der Waals surface area contributed by atoms with Crippen LogP contribution in [0.3, 0.4) is 0 Å². The molecule has 0 spiro atoms. The van der Waals surface area contributed by atoms with E-state index >= 15 is 0 Å². The third-order valence-electron chi connectivity index (χ3n) is 2.97. The first-order chi connectivity index (χ1) is 5.27. The SMILES string of the molecule is [CH2]C1(CCCC)CCCCC1. The van der Waals surface area contributed by atoms with Crippen LogP contribution in [0, 0.1) is 12.3 Å². The third kappa shape index (κ3) is 2.84. The lowest BCUT2D eigenvalue weighted by atomic mass is 9.73. The molecule has 0 N–H and O–H groups in total. The maximum absolute atomic E-state index is 4.37. The Kier molecular flexibility index (Phi) is 3.42. The molecule has 0 unspecified atom stereocenters. The summed E-state index contributed by atoms with van der Waals surface area (Å²) in [5, 5.41) is 0. The summed E-state index contributed by atoms with van der Waals surface area (Å²) in [6.07, 6.45) is 11.1. The zero-order chi connectivity index (χ0) is 8.16. The van der Waals surface area contributed by atoms with Gasteiger partial charge in [0.25, 0.3) is 0 Å². The van der Waals surface area contributed by atoms with Crippen molar-refractivity contribution in [1.29, 1.82) is 0 Å². The van der Waals surface area contributed by atoms with E-state index in [-0.39, 0.29) is 0 Å². The minimum atomic E-state index is 0.480. The van der Waals surface area contributed by atoms with Crippen molar-refractivity contribution in [2.75, 3.05) is 0 Å². The highest BCUT2D eigenvalue weighted by molar-refractivity contribution is 4.84. The fraction of sp³-hybridized carbons (Fsp3) is 0.909. The van der Waals surface area contributed by atoms with Crippen LogP contribution in [0.25, 0.3) is 0 Å². The van der Waals surface area contributed by atoms with E-state index in [1.165, 1.54) is 51.4 Å². The minimum Gasteiger partial charge on any atom is -0.0654 e. The molecule has 0 amide bonds. The van der Waals surface area contributed by atoms with Crippen molar-refractivity contribution in [1.82, 2.24) is 0 Å². The molecule has 1 radical (unpaired) electrons. The van der Waals surface area contributed by atoms with Crippen LogP contribution in [-0.2, 0) is 0 Å². The van der Waals surface area contributed by atoms with Crippen LogP contribution in [-0.4, -0.2) is 0 Å². The molecule has 0 saturated heterocycles. The molecule has 1 aliphatic rings. The van der Waals surface area contributed by atoms with Crippen molar-refractivity contribution >= 4 is 0 Å². The number of unbranched alkanes of at least 4 members (excludes halogenated alkanes) is 1. The van der Waals surface area contributed by atoms with Crippen molar-refractivity contribution in [3.63, 3.8) is 0 Å². The summed E-state index contributed by atoms with van der Waals surface area (Å²) in [7, 11) is 0. The quantitative estimate of drug-likeness (QED) is 0.575. The molecule has 0 nitrogen and oxygen atoms in total. The molecule has 0 atom stereocenters. The molecule has 0 heteroatoms. The summed E-state index contributed by atoms with van der Waals surface area (Å²) >= 11 is 0. The van der Waals surface area contributed by atoms with E-state index in [1.807, 2.05) is 0 Å². The molecule has 0 aromatic carbocycles. The summed E-state index contributed by atoms with van der Waals surface area (Å²) < 4.78 is 0. The predicted molar refractivity (Wildman–Crippen MR) is 50.4 cm³/mol. The van der Waals surface area contributed by atoms with E-state index in [9.17, 15) is 0 Å². The monoisotopic (exact) mass is 153 g/mol. The smallest absolute Gasteiger partial charge is 0.0297 e. The summed E-state index contributed by atoms with van der Waals surface area (Å²) in [5.74, 6) is 0. The Labute approximate surface area is 71.4 Å². The van der Waals surface area contributed by atoms with Gasteiger partial charge in [0.05, 0.1) is 0 Å². The zero-order valence-corrected chi connectivity index (χ0v) is 7.86. The van der Waals surface area contributed by atoms with E-state index in [0.717, 1.165) is 0 Å². The normalized spacial score (nSPS) is 23.5. The molecular weight excluding hydrogens is 132 g/mol. The van der Waals surface area contributed by atoms with Crippen molar-refractivity contribution in [2.24, 2.45) is 5.41 Å². The minimum absolute atomic E-state index is 0.480. The molecule has 0 bridgehead atoms. The van der Waals surface area contributed by atoms with Crippen LogP contribution < -0.4 is 0 Å². The highest BCUT2D eigenvalue weighted by Crippen LogP contribution is 2.39. The van der Waals surface area contributed by atoms with Crippen molar-refractivity contribution in [2.45, 2.75) is 58.3 Å². The first kappa shape index (κ1) is 9.09. The molecular formula is C11H21. The lowest BCUT2D eigenvalue weighted by molar-refractivity contribution is 0.230. The second-order valence-electron chi connectivity index (χ2n) is 4.16. The van der Waals surface area contributed by atoms with Gasteiger partial charge in [-0.3, -0.25) is 0 Å². The van der Waals surface area contributed by atoms with Crippen LogP contribution in [0.1, 0.15) is 58.3 Å². The van der Waals surface area contributed by atoms with Gasteiger partial charge in [0.1, 0.15) is 0 Å². The third-order valence-corrected chi connectivity index (χ3v) is 2.97. The van der Waals surface area contributed by atoms with Crippen LogP contribution in [0.2, 0.25) is 0 Å². The Morgan fingerprint density at radius 1 is 1.18 bits per heavy atom. The van der Waals surface area contributed by atoms with Crippen LogP contribution in [0.15, 0.2) is 0 Å². The maximum atomic E-state index is 4.37. The lowest BCUT2D eigenvalue weighted by Crippen LogP contribution is -2.20. The van der Waals surface area contributed by atoms with E-state index < -0.39 is 0 Å². The first-order valence-electron chi connectivity index (χ1n) is 5.12. The standard InChI is InChI=1S/C11H21/c1-3-4-8-11(2)9-6-5-7-10-11/h2-10H2,1H3. The van der Waals surface area contributed by atoms with E-state index in [0.29, 0.717) is 5.41 Å². The van der Waals surface area contributed by atoms with Gasteiger partial charge >= 0.3 is 0 Å². The zero-order valence-electron chi connectivity index (χ0n) is 7.86. The second kappa shape index (κ2) is 4.13. The Morgan fingerprint density at radius 3 is 2.36 bits per heavy atom. The molecule has 0 heterocycles. The molecule has 1 saturated carbocycles. The van der Waals surface area contributed by atoms with Gasteiger partial charge in [-0.25, -0.2) is 0 Å². The summed E-state index contributed by atoms with van der Waals surface area (Å²) in [6.45, 7) is 6.64. The average Bonchev–Trinajstić information content (AvgIpc) is 2.03. The predicted octanol–water partition coefficient (Wildman–Crippen LogP) is 3.96. The summed E-state index contributed by atoms with van der Waals surface area (Å²) in [6, 6.07) is 0. The number of rotatable bonds is 3. The highest BCUT2D eigenvalue weighted by Gasteiger charge is 2.25. The Morgan fingerprint density at radius 2 is 1.82 bits per heavy atom. The largest absolute Gasteiger partial charge is 0.0654 e. The average molecular weight is 153 g/mol. The van der Waals surface area contributed by atoms with Gasteiger partial charge in [0.2, 0.25) is 0 Å². The van der Waals surface area contributed by atoms with Gasteiger partial charge in [-0.2, -0.15) is 0 Å². The van der Waals surface area contributed by atoms with Crippen molar-refractivity contribution < 1.29 is 0 Å². The van der Waals surface area contributed by atoms with Gasteiger partial charge in [-0.15, -0.1) is 0 Å².